The van der Waals surface area contributed by atoms with Gasteiger partial charge in [-0.05, 0) is 39.5 Å². The Morgan fingerprint density at radius 1 is 0.609 bits per heavy atom. The molecule has 0 spiro atoms. The highest BCUT2D eigenvalue weighted by Crippen LogP contribution is 2.33. The second-order valence-electron chi connectivity index (χ2n) is 8.26. The van der Waals surface area contributed by atoms with Gasteiger partial charge in [0.1, 0.15) is 11.2 Å². The maximum atomic E-state index is 5.86. The molecule has 0 aliphatic carbocycles. The van der Waals surface area contributed by atoms with Gasteiger partial charge in [-0.2, -0.15) is 9.78 Å². The Morgan fingerprint density at radius 2 is 0.913 bits per heavy atom. The molecule has 0 aromatic carbocycles. The third-order valence-electron chi connectivity index (χ3n) is 4.86. The van der Waals surface area contributed by atoms with Crippen LogP contribution in [0.2, 0.25) is 0 Å². The van der Waals surface area contributed by atoms with E-state index < -0.39 is 5.79 Å². The molecule has 0 saturated heterocycles. The van der Waals surface area contributed by atoms with E-state index in [1.165, 1.54) is 0 Å². The molecule has 0 aromatic heterocycles. The molecule has 0 aliphatic rings. The summed E-state index contributed by atoms with van der Waals surface area (Å²) in [6.07, 6.45) is 3.31. The third kappa shape index (κ3) is 7.51. The van der Waals surface area contributed by atoms with Gasteiger partial charge in [0.15, 0.2) is 0 Å². The van der Waals surface area contributed by atoms with Crippen LogP contribution < -0.4 is 0 Å². The quantitative estimate of drug-likeness (QED) is 0.248. The van der Waals surface area contributed by atoms with Gasteiger partial charge in [0, 0.05) is 12.8 Å². The first-order valence-corrected chi connectivity index (χ1v) is 9.16. The lowest BCUT2D eigenvalue weighted by atomic mass is 9.95. The van der Waals surface area contributed by atoms with Gasteiger partial charge in [0.2, 0.25) is 5.79 Å². The first kappa shape index (κ1) is 22.8. The lowest BCUT2D eigenvalue weighted by Gasteiger charge is -2.38. The average Bonchev–Trinajstić information content (AvgIpc) is 2.43. The van der Waals surface area contributed by atoms with Gasteiger partial charge in [-0.1, -0.05) is 54.4 Å². The summed E-state index contributed by atoms with van der Waals surface area (Å²) >= 11 is 0. The van der Waals surface area contributed by atoms with Crippen LogP contribution in [-0.2, 0) is 19.6 Å². The van der Waals surface area contributed by atoms with E-state index in [0.717, 1.165) is 25.7 Å². The first-order valence-electron chi connectivity index (χ1n) is 9.16. The van der Waals surface area contributed by atoms with E-state index >= 15 is 0 Å². The summed E-state index contributed by atoms with van der Waals surface area (Å²) < 4.78 is 0. The van der Waals surface area contributed by atoms with Crippen molar-refractivity contribution in [1.82, 2.24) is 0 Å². The second kappa shape index (κ2) is 9.36. The van der Waals surface area contributed by atoms with Gasteiger partial charge < -0.3 is 0 Å². The standard InChI is InChI=1S/C19H40O4/c1-11-13-19(14-12-2,22-20-17(7,8)15(3)4)23-21-18(9,10)16(5)6/h15-16H,11-14H2,1-10H3. The zero-order chi connectivity index (χ0) is 18.3. The van der Waals surface area contributed by atoms with Crippen LogP contribution in [0.25, 0.3) is 0 Å². The van der Waals surface area contributed by atoms with Gasteiger partial charge in [0.25, 0.3) is 0 Å². The fraction of sp³-hybridized carbons (Fsp3) is 1.00. The molecular formula is C19H40O4. The SMILES string of the molecule is CCCC(CCC)(OOC(C)(C)C(C)C)OOC(C)(C)C(C)C. The van der Waals surface area contributed by atoms with Crippen molar-refractivity contribution in [2.45, 2.75) is 112 Å². The highest BCUT2D eigenvalue weighted by molar-refractivity contribution is 4.74. The van der Waals surface area contributed by atoms with Crippen LogP contribution in [0.1, 0.15) is 94.9 Å². The van der Waals surface area contributed by atoms with E-state index in [0.29, 0.717) is 11.8 Å². The van der Waals surface area contributed by atoms with Crippen molar-refractivity contribution in [2.75, 3.05) is 0 Å². The van der Waals surface area contributed by atoms with Crippen molar-refractivity contribution in [3.63, 3.8) is 0 Å². The molecule has 0 aromatic rings. The summed E-state index contributed by atoms with van der Waals surface area (Å²) in [6, 6.07) is 0. The van der Waals surface area contributed by atoms with Gasteiger partial charge in [0.05, 0.1) is 0 Å². The molecule has 0 rings (SSSR count). The normalized spacial score (nSPS) is 14.1. The maximum absolute atomic E-state index is 5.86. The van der Waals surface area contributed by atoms with Crippen molar-refractivity contribution in [3.8, 4) is 0 Å². The largest absolute Gasteiger partial charge is 0.234 e. The number of hydrogen-bond donors (Lipinski definition) is 0. The molecule has 140 valence electrons. The predicted octanol–water partition coefficient (Wildman–Crippen LogP) is 6.05. The van der Waals surface area contributed by atoms with E-state index in [-0.39, 0.29) is 11.2 Å². The molecule has 0 bridgehead atoms. The van der Waals surface area contributed by atoms with Crippen LogP contribution in [0.4, 0.5) is 0 Å². The van der Waals surface area contributed by atoms with Gasteiger partial charge >= 0.3 is 0 Å². The monoisotopic (exact) mass is 332 g/mol. The molecule has 0 fully saturated rings. The molecule has 23 heavy (non-hydrogen) atoms. The van der Waals surface area contributed by atoms with Gasteiger partial charge in [-0.25, -0.2) is 9.78 Å². The summed E-state index contributed by atoms with van der Waals surface area (Å²) in [5.41, 5.74) is -0.771. The summed E-state index contributed by atoms with van der Waals surface area (Å²) in [5, 5.41) is 0. The molecule has 0 saturated carbocycles. The van der Waals surface area contributed by atoms with Crippen molar-refractivity contribution in [1.29, 1.82) is 0 Å². The van der Waals surface area contributed by atoms with Crippen LogP contribution in [0.3, 0.4) is 0 Å². The molecule has 0 heterocycles. The van der Waals surface area contributed by atoms with Gasteiger partial charge in [-0.15, -0.1) is 0 Å². The molecule has 0 N–H and O–H groups in total. The summed E-state index contributed by atoms with van der Waals surface area (Å²) in [5.74, 6) is -0.199. The number of hydrogen-bond acceptors (Lipinski definition) is 4. The lowest BCUT2D eigenvalue weighted by Crippen LogP contribution is -2.44. The predicted molar refractivity (Wildman–Crippen MR) is 94.7 cm³/mol. The van der Waals surface area contributed by atoms with Crippen molar-refractivity contribution >= 4 is 0 Å². The number of rotatable bonds is 12. The van der Waals surface area contributed by atoms with Crippen LogP contribution >= 0.6 is 0 Å². The Balaban J connectivity index is 5.08. The topological polar surface area (TPSA) is 36.9 Å². The Bertz CT molecular complexity index is 289. The minimum absolute atomic E-state index is 0.330. The molecule has 0 unspecified atom stereocenters. The smallest absolute Gasteiger partial charge is 0.227 e. The Labute approximate surface area is 144 Å². The fourth-order valence-corrected chi connectivity index (χ4v) is 1.63. The average molecular weight is 333 g/mol. The molecule has 0 radical (unpaired) electrons. The van der Waals surface area contributed by atoms with E-state index in [1.54, 1.807) is 0 Å². The lowest BCUT2D eigenvalue weighted by molar-refractivity contribution is -0.549. The van der Waals surface area contributed by atoms with Crippen molar-refractivity contribution in [3.05, 3.63) is 0 Å². The summed E-state index contributed by atoms with van der Waals surface area (Å²) in [4.78, 5) is 23.3. The summed E-state index contributed by atoms with van der Waals surface area (Å²) in [6.45, 7) is 20.8. The first-order chi connectivity index (χ1) is 10.4. The minimum atomic E-state index is -0.859. The van der Waals surface area contributed by atoms with E-state index in [4.69, 9.17) is 19.6 Å². The van der Waals surface area contributed by atoms with Crippen LogP contribution in [0.15, 0.2) is 0 Å². The van der Waals surface area contributed by atoms with Crippen LogP contribution in [0, 0.1) is 11.8 Å². The molecule has 4 heteroatoms. The van der Waals surface area contributed by atoms with E-state index in [1.807, 2.05) is 27.7 Å². The summed E-state index contributed by atoms with van der Waals surface area (Å²) in [7, 11) is 0. The van der Waals surface area contributed by atoms with Gasteiger partial charge in [-0.3, -0.25) is 0 Å². The molecule has 4 nitrogen and oxygen atoms in total. The van der Waals surface area contributed by atoms with Crippen LogP contribution in [0.5, 0.6) is 0 Å². The highest BCUT2D eigenvalue weighted by atomic mass is 17.3. The second-order valence-corrected chi connectivity index (χ2v) is 8.26. The fourth-order valence-electron chi connectivity index (χ4n) is 1.63. The Kier molecular flexibility index (Phi) is 9.29. The van der Waals surface area contributed by atoms with Crippen LogP contribution in [-0.4, -0.2) is 17.0 Å². The third-order valence-corrected chi connectivity index (χ3v) is 4.86. The van der Waals surface area contributed by atoms with Crippen molar-refractivity contribution < 1.29 is 19.6 Å². The Hall–Kier alpha value is -0.160. The molecule has 0 amide bonds. The van der Waals surface area contributed by atoms with E-state index in [9.17, 15) is 0 Å². The molecular weight excluding hydrogens is 292 g/mol. The van der Waals surface area contributed by atoms with Crippen molar-refractivity contribution in [2.24, 2.45) is 11.8 Å². The molecule has 0 aliphatic heterocycles. The van der Waals surface area contributed by atoms with E-state index in [2.05, 4.69) is 41.5 Å². The minimum Gasteiger partial charge on any atom is -0.227 e. The zero-order valence-electron chi connectivity index (χ0n) is 17.1. The zero-order valence-corrected chi connectivity index (χ0v) is 17.1. The molecule has 0 atom stereocenters. The highest BCUT2D eigenvalue weighted by Gasteiger charge is 2.39. The maximum Gasteiger partial charge on any atom is 0.234 e. The Morgan fingerprint density at radius 3 is 1.13 bits per heavy atom.